The van der Waals surface area contributed by atoms with Crippen LogP contribution in [-0.2, 0) is 23.7 Å². The molecule has 19 heteroatoms. The van der Waals surface area contributed by atoms with Crippen molar-refractivity contribution in [3.63, 3.8) is 0 Å². The minimum atomic E-state index is -1.99. The van der Waals surface area contributed by atoms with E-state index < -0.39 is 127 Å². The standard InChI is InChI=1S/C32H38O19/c1-10-19(37)23(41)26(44)31(47-10)51-29-24(42)21(39)17(9-46-30-25(43)20(38)15(36)8-45-30)49-32(29)50-28-22(40)18-14(35)6-13(34)7-16(18)48-27(28)11-2-4-12(33)5-3-11/h2-7,10,15,17,19-21,23-26,29-39,41-44H,8-9H2,1H3/t10-,15+,17+,19-,20-,21+,23+,24-,25+,26+,29+,30-,31-,32-/m0/s1. The minimum absolute atomic E-state index is 0.138. The third-order valence-corrected chi connectivity index (χ3v) is 8.90. The molecule has 0 amide bonds. The van der Waals surface area contributed by atoms with E-state index >= 15 is 0 Å². The SMILES string of the molecule is C[C@@H]1O[C@@H](O[C@H]2[C@H](Oc3c(-c4ccc(O)cc4)oc4cc(O)cc(O)c4c3=O)O[C@H](CO[C@@H]3OC[C@@H](O)[C@H](O)[C@H]3O)[C@@H](O)[C@@H]2O)[C@H](O)[C@H](O)[C@H]1O. The van der Waals surface area contributed by atoms with Crippen LogP contribution in [0, 0.1) is 0 Å². The summed E-state index contributed by atoms with van der Waals surface area (Å²) in [5, 5.41) is 114. The van der Waals surface area contributed by atoms with Crippen LogP contribution in [0.1, 0.15) is 6.92 Å². The van der Waals surface area contributed by atoms with Gasteiger partial charge in [0.15, 0.2) is 24.4 Å². The number of fused-ring (bicyclic) bond motifs is 1. The maximum atomic E-state index is 14.0. The summed E-state index contributed by atoms with van der Waals surface area (Å²) in [5.74, 6) is -2.27. The minimum Gasteiger partial charge on any atom is -0.508 e. The number of aromatic hydroxyl groups is 3. The molecule has 3 aliphatic rings. The number of hydrogen-bond donors (Lipinski definition) is 11. The van der Waals surface area contributed by atoms with Gasteiger partial charge in [-0.3, -0.25) is 4.79 Å². The molecule has 3 aromatic rings. The van der Waals surface area contributed by atoms with Crippen molar-refractivity contribution in [2.45, 2.75) is 92.9 Å². The van der Waals surface area contributed by atoms with Crippen molar-refractivity contribution in [1.82, 2.24) is 0 Å². The number of hydrogen-bond acceptors (Lipinski definition) is 19. The Bertz CT molecular complexity index is 1730. The topological polar surface area (TPSA) is 308 Å². The van der Waals surface area contributed by atoms with Crippen molar-refractivity contribution in [3.8, 4) is 34.3 Å². The maximum Gasteiger partial charge on any atom is 0.239 e. The van der Waals surface area contributed by atoms with E-state index in [1.165, 1.54) is 31.2 Å². The number of benzene rings is 2. The summed E-state index contributed by atoms with van der Waals surface area (Å²) in [6, 6.07) is 7.16. The summed E-state index contributed by atoms with van der Waals surface area (Å²) < 4.78 is 39.9. The zero-order valence-corrected chi connectivity index (χ0v) is 26.6. The van der Waals surface area contributed by atoms with E-state index in [4.69, 9.17) is 32.8 Å². The molecule has 0 radical (unpaired) electrons. The van der Waals surface area contributed by atoms with Gasteiger partial charge in [-0.15, -0.1) is 0 Å². The Labute approximate surface area is 287 Å². The van der Waals surface area contributed by atoms with Crippen LogP contribution >= 0.6 is 0 Å². The summed E-state index contributed by atoms with van der Waals surface area (Å²) >= 11 is 0. The number of ether oxygens (including phenoxy) is 6. The second kappa shape index (κ2) is 14.8. The lowest BCUT2D eigenvalue weighted by atomic mass is 9.97. The Hall–Kier alpha value is -3.67. The van der Waals surface area contributed by atoms with Gasteiger partial charge in [-0.05, 0) is 31.2 Å². The van der Waals surface area contributed by atoms with Crippen LogP contribution in [0.5, 0.6) is 23.0 Å². The van der Waals surface area contributed by atoms with Gasteiger partial charge in [0.05, 0.1) is 19.3 Å². The predicted octanol–water partition coefficient (Wildman–Crippen LogP) is -2.93. The van der Waals surface area contributed by atoms with Gasteiger partial charge < -0.3 is 89.0 Å². The van der Waals surface area contributed by atoms with Crippen molar-refractivity contribution in [2.24, 2.45) is 0 Å². The molecule has 3 fully saturated rings. The van der Waals surface area contributed by atoms with Gasteiger partial charge in [-0.2, -0.15) is 0 Å². The normalized spacial score (nSPS) is 37.4. The first kappa shape index (κ1) is 37.1. The molecule has 0 aliphatic carbocycles. The molecule has 11 N–H and O–H groups in total. The van der Waals surface area contributed by atoms with Crippen molar-refractivity contribution >= 4 is 11.0 Å². The third kappa shape index (κ3) is 7.22. The molecule has 51 heavy (non-hydrogen) atoms. The molecule has 19 nitrogen and oxygen atoms in total. The maximum absolute atomic E-state index is 14.0. The van der Waals surface area contributed by atoms with E-state index in [0.29, 0.717) is 0 Å². The molecule has 3 aliphatic heterocycles. The summed E-state index contributed by atoms with van der Waals surface area (Å²) in [6.45, 7) is 0.301. The van der Waals surface area contributed by atoms with Crippen LogP contribution in [0.2, 0.25) is 0 Å². The number of phenolic OH excluding ortho intramolecular Hbond substituents is 3. The number of rotatable bonds is 8. The average molecular weight is 727 g/mol. The molecule has 6 rings (SSSR count). The van der Waals surface area contributed by atoms with Crippen LogP contribution in [0.25, 0.3) is 22.3 Å². The third-order valence-electron chi connectivity index (χ3n) is 8.90. The zero-order valence-electron chi connectivity index (χ0n) is 26.6. The largest absolute Gasteiger partial charge is 0.508 e. The first-order chi connectivity index (χ1) is 24.2. The molecule has 14 atom stereocenters. The lowest BCUT2D eigenvalue weighted by molar-refractivity contribution is -0.358. The lowest BCUT2D eigenvalue weighted by Gasteiger charge is -2.46. The van der Waals surface area contributed by atoms with Crippen molar-refractivity contribution in [2.75, 3.05) is 13.2 Å². The number of aliphatic hydroxyl groups excluding tert-OH is 8. The number of aliphatic hydroxyl groups is 8. The van der Waals surface area contributed by atoms with Crippen molar-refractivity contribution in [3.05, 3.63) is 46.6 Å². The van der Waals surface area contributed by atoms with Crippen LogP contribution in [-0.4, -0.2) is 155 Å². The highest BCUT2D eigenvalue weighted by molar-refractivity contribution is 5.88. The van der Waals surface area contributed by atoms with Gasteiger partial charge in [-0.25, -0.2) is 0 Å². The van der Waals surface area contributed by atoms with Crippen molar-refractivity contribution in [1.29, 1.82) is 0 Å². The second-order valence-corrected chi connectivity index (χ2v) is 12.5. The molecular weight excluding hydrogens is 688 g/mol. The van der Waals surface area contributed by atoms with E-state index in [-0.39, 0.29) is 22.7 Å². The summed E-state index contributed by atoms with van der Waals surface area (Å²) in [4.78, 5) is 14.0. The van der Waals surface area contributed by atoms with Gasteiger partial charge in [-0.1, -0.05) is 0 Å². The number of phenols is 3. The van der Waals surface area contributed by atoms with Gasteiger partial charge in [0.25, 0.3) is 0 Å². The quantitative estimate of drug-likeness (QED) is 0.111. The zero-order chi connectivity index (χ0) is 36.9. The molecule has 1 aromatic heterocycles. The Morgan fingerprint density at radius 2 is 1.43 bits per heavy atom. The molecule has 280 valence electrons. The summed E-state index contributed by atoms with van der Waals surface area (Å²) in [6.07, 6.45) is -23.5. The fraction of sp³-hybridized carbons (Fsp3) is 0.531. The van der Waals surface area contributed by atoms with E-state index in [1.54, 1.807) is 0 Å². The Morgan fingerprint density at radius 3 is 2.14 bits per heavy atom. The molecule has 0 spiro atoms. The Morgan fingerprint density at radius 1 is 0.745 bits per heavy atom. The fourth-order valence-corrected chi connectivity index (χ4v) is 5.97. The Kier molecular flexibility index (Phi) is 10.7. The van der Waals surface area contributed by atoms with Gasteiger partial charge in [0, 0.05) is 17.7 Å². The first-order valence-corrected chi connectivity index (χ1v) is 15.8. The van der Waals surface area contributed by atoms with E-state index in [0.717, 1.165) is 12.1 Å². The van der Waals surface area contributed by atoms with E-state index in [2.05, 4.69) is 0 Å². The predicted molar refractivity (Wildman–Crippen MR) is 165 cm³/mol. The van der Waals surface area contributed by atoms with E-state index in [1.807, 2.05) is 0 Å². The molecule has 4 heterocycles. The molecule has 2 aromatic carbocycles. The monoisotopic (exact) mass is 726 g/mol. The summed E-state index contributed by atoms with van der Waals surface area (Å²) in [5.41, 5.74) is -1.15. The van der Waals surface area contributed by atoms with Gasteiger partial charge in [0.1, 0.15) is 83.2 Å². The summed E-state index contributed by atoms with van der Waals surface area (Å²) in [7, 11) is 0. The lowest BCUT2D eigenvalue weighted by Crippen LogP contribution is -2.65. The second-order valence-electron chi connectivity index (χ2n) is 12.5. The van der Waals surface area contributed by atoms with Crippen molar-refractivity contribution < 1.29 is 89.0 Å². The van der Waals surface area contributed by atoms with Crippen LogP contribution in [0.3, 0.4) is 0 Å². The molecule has 0 unspecified atom stereocenters. The van der Waals surface area contributed by atoms with Crippen LogP contribution < -0.4 is 10.2 Å². The fourth-order valence-electron chi connectivity index (χ4n) is 5.97. The molecular formula is C32H38O19. The first-order valence-electron chi connectivity index (χ1n) is 15.8. The molecule has 3 saturated heterocycles. The van der Waals surface area contributed by atoms with Gasteiger partial charge >= 0.3 is 0 Å². The van der Waals surface area contributed by atoms with E-state index in [9.17, 15) is 61.0 Å². The highest BCUT2D eigenvalue weighted by Gasteiger charge is 2.52. The smallest absolute Gasteiger partial charge is 0.239 e. The Balaban J connectivity index is 1.38. The van der Waals surface area contributed by atoms with Crippen LogP contribution in [0.4, 0.5) is 0 Å². The highest BCUT2D eigenvalue weighted by Crippen LogP contribution is 2.38. The van der Waals surface area contributed by atoms with Gasteiger partial charge in [0.2, 0.25) is 17.5 Å². The highest BCUT2D eigenvalue weighted by atomic mass is 16.8. The molecule has 0 saturated carbocycles. The molecule has 0 bridgehead atoms. The average Bonchev–Trinajstić information content (AvgIpc) is 3.09. The van der Waals surface area contributed by atoms with Crippen LogP contribution in [0.15, 0.2) is 45.6 Å².